The first kappa shape index (κ1) is 15.0. The van der Waals surface area contributed by atoms with Crippen LogP contribution in [0.25, 0.3) is 0 Å². The fourth-order valence-corrected chi connectivity index (χ4v) is 5.76. The summed E-state index contributed by atoms with van der Waals surface area (Å²) in [5, 5.41) is 1.88. The maximum atomic E-state index is 12.9. The van der Waals surface area contributed by atoms with Crippen LogP contribution in [0.2, 0.25) is 0 Å². The van der Waals surface area contributed by atoms with E-state index in [1.807, 2.05) is 12.3 Å². The van der Waals surface area contributed by atoms with Gasteiger partial charge in [0.05, 0.1) is 0 Å². The van der Waals surface area contributed by atoms with Crippen molar-refractivity contribution in [1.82, 2.24) is 4.31 Å². The summed E-state index contributed by atoms with van der Waals surface area (Å²) >= 11 is 1.44. The molecular formula is C13H22N2O2S2. The van der Waals surface area contributed by atoms with Crippen molar-refractivity contribution in [2.75, 3.05) is 6.54 Å². The van der Waals surface area contributed by atoms with Gasteiger partial charge in [0, 0.05) is 24.0 Å². The molecule has 0 bridgehead atoms. The van der Waals surface area contributed by atoms with Crippen LogP contribution in [0.5, 0.6) is 0 Å². The molecule has 0 amide bonds. The zero-order valence-corrected chi connectivity index (χ0v) is 13.4. The van der Waals surface area contributed by atoms with Crippen molar-refractivity contribution in [2.45, 2.75) is 51.1 Å². The van der Waals surface area contributed by atoms with Crippen molar-refractivity contribution < 1.29 is 8.42 Å². The molecule has 0 spiro atoms. The molecule has 1 aromatic heterocycles. The monoisotopic (exact) mass is 302 g/mol. The van der Waals surface area contributed by atoms with Gasteiger partial charge in [-0.1, -0.05) is 13.8 Å². The largest absolute Gasteiger partial charge is 0.326 e. The number of nitrogens with two attached hydrogens (primary N) is 1. The summed E-state index contributed by atoms with van der Waals surface area (Å²) in [4.78, 5) is 1.22. The second-order valence-electron chi connectivity index (χ2n) is 5.57. The van der Waals surface area contributed by atoms with E-state index in [1.54, 1.807) is 4.31 Å². The molecule has 0 saturated heterocycles. The lowest BCUT2D eigenvalue weighted by atomic mass is 10.2. The molecule has 6 heteroatoms. The van der Waals surface area contributed by atoms with Gasteiger partial charge in [0.2, 0.25) is 10.0 Å². The SMILES string of the molecule is Cc1csc(CN)c1S(=O)(=O)N(CC(C)C)C1CC1. The highest BCUT2D eigenvalue weighted by molar-refractivity contribution is 7.89. The van der Waals surface area contributed by atoms with Gasteiger partial charge in [-0.2, -0.15) is 4.31 Å². The van der Waals surface area contributed by atoms with E-state index < -0.39 is 10.0 Å². The molecule has 0 aromatic carbocycles. The number of hydrogen-bond acceptors (Lipinski definition) is 4. The summed E-state index contributed by atoms with van der Waals surface area (Å²) in [6.45, 7) is 6.83. The molecule has 4 nitrogen and oxygen atoms in total. The van der Waals surface area contributed by atoms with Crippen molar-refractivity contribution in [3.8, 4) is 0 Å². The lowest BCUT2D eigenvalue weighted by Crippen LogP contribution is -2.36. The van der Waals surface area contributed by atoms with Crippen molar-refractivity contribution in [1.29, 1.82) is 0 Å². The number of aryl methyl sites for hydroxylation is 1. The Morgan fingerprint density at radius 2 is 2.11 bits per heavy atom. The molecule has 0 atom stereocenters. The Balaban J connectivity index is 2.41. The first-order valence-electron chi connectivity index (χ1n) is 6.66. The quantitative estimate of drug-likeness (QED) is 0.877. The average Bonchev–Trinajstić information content (AvgIpc) is 3.08. The van der Waals surface area contributed by atoms with E-state index >= 15 is 0 Å². The van der Waals surface area contributed by atoms with Crippen LogP contribution in [-0.4, -0.2) is 25.3 Å². The summed E-state index contributed by atoms with van der Waals surface area (Å²) < 4.78 is 27.5. The fraction of sp³-hybridized carbons (Fsp3) is 0.692. The number of hydrogen-bond donors (Lipinski definition) is 1. The van der Waals surface area contributed by atoms with Gasteiger partial charge >= 0.3 is 0 Å². The normalized spacial score (nSPS) is 16.5. The highest BCUT2D eigenvalue weighted by atomic mass is 32.2. The third-order valence-corrected chi connectivity index (χ3v) is 6.65. The number of rotatable bonds is 6. The standard InChI is InChI=1S/C13H22N2O2S2/c1-9(2)7-15(11-4-5-11)19(16,17)13-10(3)8-18-12(13)6-14/h8-9,11H,4-7,14H2,1-3H3. The highest BCUT2D eigenvalue weighted by Gasteiger charge is 2.40. The molecule has 0 unspecified atom stereocenters. The minimum absolute atomic E-state index is 0.192. The number of nitrogens with zero attached hydrogens (tertiary/aromatic N) is 1. The number of sulfonamides is 1. The fourth-order valence-electron chi connectivity index (χ4n) is 2.26. The van der Waals surface area contributed by atoms with Gasteiger partial charge in [-0.25, -0.2) is 8.42 Å². The Labute approximate surface area is 119 Å². The van der Waals surface area contributed by atoms with Crippen LogP contribution < -0.4 is 5.73 Å². The highest BCUT2D eigenvalue weighted by Crippen LogP contribution is 2.36. The van der Waals surface area contributed by atoms with E-state index in [0.717, 1.165) is 23.3 Å². The van der Waals surface area contributed by atoms with Crippen molar-refractivity contribution >= 4 is 21.4 Å². The van der Waals surface area contributed by atoms with Crippen LogP contribution >= 0.6 is 11.3 Å². The lowest BCUT2D eigenvalue weighted by Gasteiger charge is -2.24. The maximum absolute atomic E-state index is 12.9. The summed E-state index contributed by atoms with van der Waals surface area (Å²) in [5.74, 6) is 0.329. The predicted molar refractivity (Wildman–Crippen MR) is 78.7 cm³/mol. The number of thiophene rings is 1. The zero-order chi connectivity index (χ0) is 14.2. The smallest absolute Gasteiger partial charge is 0.244 e. The summed E-state index contributed by atoms with van der Waals surface area (Å²) in [7, 11) is -3.40. The first-order valence-corrected chi connectivity index (χ1v) is 8.98. The van der Waals surface area contributed by atoms with E-state index in [9.17, 15) is 8.42 Å². The van der Waals surface area contributed by atoms with Gasteiger partial charge in [0.1, 0.15) is 4.90 Å². The molecule has 0 radical (unpaired) electrons. The zero-order valence-electron chi connectivity index (χ0n) is 11.7. The van der Waals surface area contributed by atoms with Gasteiger partial charge in [0.25, 0.3) is 0 Å². The van der Waals surface area contributed by atoms with E-state index in [0.29, 0.717) is 17.4 Å². The van der Waals surface area contributed by atoms with Gasteiger partial charge in [-0.15, -0.1) is 11.3 Å². The average molecular weight is 302 g/mol. The predicted octanol–water partition coefficient (Wildman–Crippen LogP) is 2.32. The van der Waals surface area contributed by atoms with Crippen LogP contribution in [0.3, 0.4) is 0 Å². The van der Waals surface area contributed by atoms with Crippen LogP contribution in [0.4, 0.5) is 0 Å². The van der Waals surface area contributed by atoms with Crippen molar-refractivity contribution in [3.63, 3.8) is 0 Å². The molecular weight excluding hydrogens is 280 g/mol. The van der Waals surface area contributed by atoms with Crippen molar-refractivity contribution in [3.05, 3.63) is 15.8 Å². The molecule has 1 aromatic rings. The van der Waals surface area contributed by atoms with Gasteiger partial charge in [-0.05, 0) is 36.6 Å². The molecule has 1 heterocycles. The van der Waals surface area contributed by atoms with E-state index in [-0.39, 0.29) is 12.6 Å². The molecule has 1 aliphatic carbocycles. The molecule has 1 fully saturated rings. The minimum Gasteiger partial charge on any atom is -0.326 e. The minimum atomic E-state index is -3.40. The Bertz CT molecular complexity index is 545. The molecule has 108 valence electrons. The van der Waals surface area contributed by atoms with Crippen molar-refractivity contribution in [2.24, 2.45) is 11.7 Å². The second kappa shape index (κ2) is 5.52. The Morgan fingerprint density at radius 3 is 2.58 bits per heavy atom. The topological polar surface area (TPSA) is 63.4 Å². The van der Waals surface area contributed by atoms with Crippen LogP contribution in [-0.2, 0) is 16.6 Å². The van der Waals surface area contributed by atoms with Gasteiger partial charge in [0.15, 0.2) is 0 Å². The third-order valence-electron chi connectivity index (χ3n) is 3.24. The molecule has 1 aliphatic rings. The Kier molecular flexibility index (Phi) is 4.35. The summed E-state index contributed by atoms with van der Waals surface area (Å²) in [6.07, 6.45) is 1.96. The van der Waals surface area contributed by atoms with Crippen LogP contribution in [0, 0.1) is 12.8 Å². The molecule has 2 rings (SSSR count). The molecule has 19 heavy (non-hydrogen) atoms. The third kappa shape index (κ3) is 3.02. The Morgan fingerprint density at radius 1 is 1.47 bits per heavy atom. The van der Waals surface area contributed by atoms with Gasteiger partial charge in [-0.3, -0.25) is 0 Å². The molecule has 2 N–H and O–H groups in total. The van der Waals surface area contributed by atoms with Crippen LogP contribution in [0.15, 0.2) is 10.3 Å². The molecule has 0 aliphatic heterocycles. The second-order valence-corrected chi connectivity index (χ2v) is 8.37. The summed E-state index contributed by atoms with van der Waals surface area (Å²) in [6, 6.07) is 0.192. The molecule has 1 saturated carbocycles. The van der Waals surface area contributed by atoms with E-state index in [1.165, 1.54) is 11.3 Å². The van der Waals surface area contributed by atoms with E-state index in [2.05, 4.69) is 13.8 Å². The first-order chi connectivity index (χ1) is 8.87. The summed E-state index contributed by atoms with van der Waals surface area (Å²) in [5.41, 5.74) is 6.50. The maximum Gasteiger partial charge on any atom is 0.244 e. The van der Waals surface area contributed by atoms with E-state index in [4.69, 9.17) is 5.73 Å². The van der Waals surface area contributed by atoms with Crippen LogP contribution in [0.1, 0.15) is 37.1 Å². The lowest BCUT2D eigenvalue weighted by molar-refractivity contribution is 0.360. The Hall–Kier alpha value is -0.430. The van der Waals surface area contributed by atoms with Gasteiger partial charge < -0.3 is 5.73 Å².